The van der Waals surface area contributed by atoms with Gasteiger partial charge in [-0.2, -0.15) is 0 Å². The molecular formula is C22H30N4O. The van der Waals surface area contributed by atoms with Crippen LogP contribution in [-0.2, 0) is 17.8 Å². The lowest BCUT2D eigenvalue weighted by Crippen LogP contribution is -2.41. The molecule has 4 rings (SSSR count). The van der Waals surface area contributed by atoms with Crippen LogP contribution in [0.15, 0.2) is 36.7 Å². The van der Waals surface area contributed by atoms with E-state index in [1.807, 2.05) is 12.4 Å². The molecule has 1 unspecified atom stereocenters. The SMILES string of the molecule is O=C(CC1CCCC1)N1CCCC(Cc2nncn2Cc2ccccc2)C1. The fraction of sp³-hybridized carbons (Fsp3) is 0.591. The molecule has 2 fully saturated rings. The molecule has 1 saturated carbocycles. The molecule has 27 heavy (non-hydrogen) atoms. The molecule has 1 aliphatic heterocycles. The maximum atomic E-state index is 12.7. The number of likely N-dealkylation sites (tertiary alicyclic amines) is 1. The first-order valence-corrected chi connectivity index (χ1v) is 10.5. The first-order valence-electron chi connectivity index (χ1n) is 10.5. The van der Waals surface area contributed by atoms with Gasteiger partial charge in [0.1, 0.15) is 12.2 Å². The number of piperidine rings is 1. The van der Waals surface area contributed by atoms with Crippen LogP contribution in [0.4, 0.5) is 0 Å². The lowest BCUT2D eigenvalue weighted by molar-refractivity contribution is -0.134. The van der Waals surface area contributed by atoms with Gasteiger partial charge in [0.15, 0.2) is 0 Å². The standard InChI is InChI=1S/C22H30N4O/c27-22(14-18-7-4-5-8-18)25-12-6-11-20(16-25)13-21-24-23-17-26(21)15-19-9-2-1-3-10-19/h1-3,9-10,17-18,20H,4-8,11-16H2. The van der Waals surface area contributed by atoms with Gasteiger partial charge in [0.05, 0.1) is 6.54 Å². The van der Waals surface area contributed by atoms with E-state index in [0.717, 1.165) is 44.7 Å². The highest BCUT2D eigenvalue weighted by atomic mass is 16.2. The van der Waals surface area contributed by atoms with Crippen LogP contribution in [0.3, 0.4) is 0 Å². The third-order valence-corrected chi connectivity index (χ3v) is 6.17. The van der Waals surface area contributed by atoms with Gasteiger partial charge >= 0.3 is 0 Å². The van der Waals surface area contributed by atoms with Crippen molar-refractivity contribution in [1.29, 1.82) is 0 Å². The molecule has 2 heterocycles. The Balaban J connectivity index is 1.34. The van der Waals surface area contributed by atoms with Gasteiger partial charge in [0, 0.05) is 25.9 Å². The lowest BCUT2D eigenvalue weighted by Gasteiger charge is -2.33. The van der Waals surface area contributed by atoms with Crippen LogP contribution >= 0.6 is 0 Å². The fourth-order valence-corrected chi connectivity index (χ4v) is 4.66. The van der Waals surface area contributed by atoms with Crippen LogP contribution < -0.4 is 0 Å². The second-order valence-corrected chi connectivity index (χ2v) is 8.27. The Labute approximate surface area is 161 Å². The Hall–Kier alpha value is -2.17. The topological polar surface area (TPSA) is 51.0 Å². The molecule has 1 aromatic heterocycles. The average Bonchev–Trinajstić information content (AvgIpc) is 3.35. The molecule has 5 nitrogen and oxygen atoms in total. The van der Waals surface area contributed by atoms with E-state index in [4.69, 9.17) is 0 Å². The largest absolute Gasteiger partial charge is 0.342 e. The highest BCUT2D eigenvalue weighted by Crippen LogP contribution is 2.29. The average molecular weight is 367 g/mol. The molecule has 144 valence electrons. The van der Waals surface area contributed by atoms with Crippen LogP contribution in [0.1, 0.15) is 56.3 Å². The molecule has 1 atom stereocenters. The summed E-state index contributed by atoms with van der Waals surface area (Å²) in [5.41, 5.74) is 1.26. The number of benzene rings is 1. The van der Waals surface area contributed by atoms with Crippen LogP contribution in [0.25, 0.3) is 0 Å². The highest BCUT2D eigenvalue weighted by Gasteiger charge is 2.27. The van der Waals surface area contributed by atoms with Gasteiger partial charge < -0.3 is 9.47 Å². The van der Waals surface area contributed by atoms with Gasteiger partial charge in [-0.15, -0.1) is 10.2 Å². The number of carbonyl (C=O) groups excluding carboxylic acids is 1. The van der Waals surface area contributed by atoms with Crippen LogP contribution in [-0.4, -0.2) is 38.7 Å². The van der Waals surface area contributed by atoms with Gasteiger partial charge in [0.2, 0.25) is 5.91 Å². The Morgan fingerprint density at radius 1 is 1.04 bits per heavy atom. The summed E-state index contributed by atoms with van der Waals surface area (Å²) in [7, 11) is 0. The van der Waals surface area contributed by atoms with E-state index in [9.17, 15) is 4.79 Å². The zero-order valence-corrected chi connectivity index (χ0v) is 16.1. The zero-order valence-electron chi connectivity index (χ0n) is 16.1. The van der Waals surface area contributed by atoms with E-state index in [1.165, 1.54) is 37.7 Å². The Morgan fingerprint density at radius 2 is 1.81 bits per heavy atom. The maximum Gasteiger partial charge on any atom is 0.222 e. The Kier molecular flexibility index (Phi) is 5.85. The van der Waals surface area contributed by atoms with E-state index >= 15 is 0 Å². The minimum atomic E-state index is 0.373. The number of hydrogen-bond acceptors (Lipinski definition) is 3. The zero-order chi connectivity index (χ0) is 18.5. The van der Waals surface area contributed by atoms with E-state index < -0.39 is 0 Å². The van der Waals surface area contributed by atoms with Crippen LogP contribution in [0, 0.1) is 11.8 Å². The summed E-state index contributed by atoms with van der Waals surface area (Å²) in [5.74, 6) is 2.53. The van der Waals surface area contributed by atoms with Gasteiger partial charge in [-0.3, -0.25) is 4.79 Å². The van der Waals surface area contributed by atoms with Gasteiger partial charge in [-0.1, -0.05) is 43.2 Å². The summed E-state index contributed by atoms with van der Waals surface area (Å²) < 4.78 is 2.15. The van der Waals surface area contributed by atoms with Crippen molar-refractivity contribution in [1.82, 2.24) is 19.7 Å². The van der Waals surface area contributed by atoms with Crippen molar-refractivity contribution in [3.8, 4) is 0 Å². The minimum Gasteiger partial charge on any atom is -0.342 e. The Bertz CT molecular complexity index is 736. The minimum absolute atomic E-state index is 0.373. The molecule has 1 amide bonds. The number of carbonyl (C=O) groups is 1. The number of amides is 1. The highest BCUT2D eigenvalue weighted by molar-refractivity contribution is 5.76. The summed E-state index contributed by atoms with van der Waals surface area (Å²) in [6.45, 7) is 2.61. The van der Waals surface area contributed by atoms with Crippen LogP contribution in [0.2, 0.25) is 0 Å². The first-order chi connectivity index (χ1) is 13.3. The van der Waals surface area contributed by atoms with Crippen molar-refractivity contribution < 1.29 is 4.79 Å². The molecule has 0 spiro atoms. The summed E-state index contributed by atoms with van der Waals surface area (Å²) >= 11 is 0. The molecular weight excluding hydrogens is 336 g/mol. The fourth-order valence-electron chi connectivity index (χ4n) is 4.66. The smallest absolute Gasteiger partial charge is 0.222 e. The number of hydrogen-bond donors (Lipinski definition) is 0. The van der Waals surface area contributed by atoms with Gasteiger partial charge in [0.25, 0.3) is 0 Å². The molecule has 2 aliphatic rings. The quantitative estimate of drug-likeness (QED) is 0.783. The van der Waals surface area contributed by atoms with E-state index in [-0.39, 0.29) is 0 Å². The number of nitrogens with zero attached hydrogens (tertiary/aromatic N) is 4. The molecule has 1 aromatic carbocycles. The third kappa shape index (κ3) is 4.76. The van der Waals surface area contributed by atoms with E-state index in [2.05, 4.69) is 43.9 Å². The molecule has 1 saturated heterocycles. The predicted octanol–water partition coefficient (Wildman–Crippen LogP) is 3.69. The van der Waals surface area contributed by atoms with Gasteiger partial charge in [-0.25, -0.2) is 0 Å². The molecule has 0 bridgehead atoms. The maximum absolute atomic E-state index is 12.7. The van der Waals surface area contributed by atoms with Crippen molar-refractivity contribution in [2.45, 2.75) is 57.9 Å². The monoisotopic (exact) mass is 366 g/mol. The second kappa shape index (κ2) is 8.68. The molecule has 1 aliphatic carbocycles. The lowest BCUT2D eigenvalue weighted by atomic mass is 9.93. The molecule has 0 radical (unpaired) electrons. The first kappa shape index (κ1) is 18.2. The van der Waals surface area contributed by atoms with E-state index in [1.54, 1.807) is 0 Å². The van der Waals surface area contributed by atoms with E-state index in [0.29, 0.717) is 17.7 Å². The summed E-state index contributed by atoms with van der Waals surface area (Å²) in [5, 5.41) is 8.51. The summed E-state index contributed by atoms with van der Waals surface area (Å²) in [6.07, 6.45) is 10.9. The van der Waals surface area contributed by atoms with Crippen molar-refractivity contribution in [2.75, 3.05) is 13.1 Å². The molecule has 0 N–H and O–H groups in total. The van der Waals surface area contributed by atoms with Crippen molar-refractivity contribution in [3.05, 3.63) is 48.0 Å². The van der Waals surface area contributed by atoms with Gasteiger partial charge in [-0.05, 0) is 43.1 Å². The molecule has 2 aromatic rings. The van der Waals surface area contributed by atoms with Crippen molar-refractivity contribution >= 4 is 5.91 Å². The predicted molar refractivity (Wildman–Crippen MR) is 105 cm³/mol. The Morgan fingerprint density at radius 3 is 2.63 bits per heavy atom. The van der Waals surface area contributed by atoms with Crippen LogP contribution in [0.5, 0.6) is 0 Å². The van der Waals surface area contributed by atoms with Crippen molar-refractivity contribution in [2.24, 2.45) is 11.8 Å². The summed E-state index contributed by atoms with van der Waals surface area (Å²) in [6, 6.07) is 10.4. The number of rotatable bonds is 6. The number of aromatic nitrogens is 3. The van der Waals surface area contributed by atoms with Crippen molar-refractivity contribution in [3.63, 3.8) is 0 Å². The third-order valence-electron chi connectivity index (χ3n) is 6.17. The second-order valence-electron chi connectivity index (χ2n) is 8.27. The summed E-state index contributed by atoms with van der Waals surface area (Å²) in [4.78, 5) is 14.8. The normalized spacial score (nSPS) is 20.9. The molecule has 5 heteroatoms.